The Morgan fingerprint density at radius 1 is 1.18 bits per heavy atom. The molecule has 0 spiro atoms. The van der Waals surface area contributed by atoms with Gasteiger partial charge in [-0.05, 0) is 70.2 Å². The minimum Gasteiger partial charge on any atom is -0.361 e. The molecule has 0 amide bonds. The van der Waals surface area contributed by atoms with E-state index in [4.69, 9.17) is 12.2 Å². The standard InChI is InChI=1S/C18H29N3S/c1-14-9-8-10-16(15(14)2)20-17(22)19-13-18(21(3)4)11-6-5-7-12-18/h8-10H,5-7,11-13H2,1-4H3,(H2,19,20,22). The number of hydrogen-bond donors (Lipinski definition) is 2. The second-order valence-corrected chi connectivity index (χ2v) is 7.14. The Bertz CT molecular complexity index is 519. The van der Waals surface area contributed by atoms with Gasteiger partial charge in [0.15, 0.2) is 5.11 Å². The molecule has 0 atom stereocenters. The zero-order valence-corrected chi connectivity index (χ0v) is 15.1. The zero-order chi connectivity index (χ0) is 16.2. The smallest absolute Gasteiger partial charge is 0.170 e. The molecule has 122 valence electrons. The van der Waals surface area contributed by atoms with Gasteiger partial charge in [0, 0.05) is 17.8 Å². The molecular formula is C18H29N3S. The Kier molecular flexibility index (Phi) is 5.81. The summed E-state index contributed by atoms with van der Waals surface area (Å²) in [6, 6.07) is 6.27. The summed E-state index contributed by atoms with van der Waals surface area (Å²) in [4.78, 5) is 2.37. The number of benzene rings is 1. The van der Waals surface area contributed by atoms with Crippen molar-refractivity contribution in [2.45, 2.75) is 51.5 Å². The van der Waals surface area contributed by atoms with E-state index in [2.05, 4.69) is 61.7 Å². The molecule has 0 unspecified atom stereocenters. The van der Waals surface area contributed by atoms with E-state index in [1.807, 2.05) is 0 Å². The highest BCUT2D eigenvalue weighted by molar-refractivity contribution is 7.80. The number of thiocarbonyl (C=S) groups is 1. The lowest BCUT2D eigenvalue weighted by Crippen LogP contribution is -2.54. The molecule has 0 saturated heterocycles. The number of likely N-dealkylation sites (N-methyl/N-ethyl adjacent to an activating group) is 1. The summed E-state index contributed by atoms with van der Waals surface area (Å²) >= 11 is 5.50. The number of hydrogen-bond acceptors (Lipinski definition) is 2. The first-order valence-corrected chi connectivity index (χ1v) is 8.64. The van der Waals surface area contributed by atoms with E-state index in [1.54, 1.807) is 0 Å². The molecule has 1 aliphatic rings. The van der Waals surface area contributed by atoms with Gasteiger partial charge >= 0.3 is 0 Å². The Morgan fingerprint density at radius 3 is 2.50 bits per heavy atom. The molecule has 0 heterocycles. The summed E-state index contributed by atoms with van der Waals surface area (Å²) in [7, 11) is 4.38. The van der Waals surface area contributed by atoms with Crippen molar-refractivity contribution in [2.75, 3.05) is 26.0 Å². The van der Waals surface area contributed by atoms with Crippen LogP contribution in [0.5, 0.6) is 0 Å². The van der Waals surface area contributed by atoms with Gasteiger partial charge in [-0.25, -0.2) is 0 Å². The van der Waals surface area contributed by atoms with Gasteiger partial charge < -0.3 is 15.5 Å². The minimum atomic E-state index is 0.242. The highest BCUT2D eigenvalue weighted by Gasteiger charge is 2.34. The number of nitrogens with zero attached hydrogens (tertiary/aromatic N) is 1. The van der Waals surface area contributed by atoms with Gasteiger partial charge in [0.05, 0.1) is 0 Å². The molecule has 0 radical (unpaired) electrons. The summed E-state index contributed by atoms with van der Waals surface area (Å²) in [5, 5.41) is 7.52. The molecule has 1 fully saturated rings. The SMILES string of the molecule is Cc1cccc(NC(=S)NCC2(N(C)C)CCCCC2)c1C. The van der Waals surface area contributed by atoms with Crippen molar-refractivity contribution in [3.05, 3.63) is 29.3 Å². The van der Waals surface area contributed by atoms with Crippen LogP contribution in [0, 0.1) is 13.8 Å². The summed E-state index contributed by atoms with van der Waals surface area (Å²) in [5.74, 6) is 0. The molecule has 0 aliphatic heterocycles. The molecule has 1 aromatic carbocycles. The third-order valence-corrected chi connectivity index (χ3v) is 5.41. The maximum atomic E-state index is 5.50. The Balaban J connectivity index is 1.95. The largest absolute Gasteiger partial charge is 0.361 e. The van der Waals surface area contributed by atoms with Gasteiger partial charge in [-0.15, -0.1) is 0 Å². The number of anilines is 1. The fourth-order valence-electron chi connectivity index (χ4n) is 3.29. The van der Waals surface area contributed by atoms with Crippen LogP contribution < -0.4 is 10.6 Å². The molecule has 2 N–H and O–H groups in total. The second-order valence-electron chi connectivity index (χ2n) is 6.73. The predicted octanol–water partition coefficient (Wildman–Crippen LogP) is 3.85. The van der Waals surface area contributed by atoms with E-state index < -0.39 is 0 Å². The van der Waals surface area contributed by atoms with Gasteiger partial charge in [0.2, 0.25) is 0 Å². The molecule has 0 bridgehead atoms. The summed E-state index contributed by atoms with van der Waals surface area (Å²) in [6.45, 7) is 5.17. The van der Waals surface area contributed by atoms with Crippen molar-refractivity contribution in [2.24, 2.45) is 0 Å². The maximum Gasteiger partial charge on any atom is 0.170 e. The van der Waals surface area contributed by atoms with Crippen LogP contribution in [0.2, 0.25) is 0 Å². The molecule has 22 heavy (non-hydrogen) atoms. The Labute approximate surface area is 140 Å². The van der Waals surface area contributed by atoms with Gasteiger partial charge in [-0.3, -0.25) is 0 Å². The van der Waals surface area contributed by atoms with E-state index in [0.717, 1.165) is 17.3 Å². The molecule has 3 nitrogen and oxygen atoms in total. The highest BCUT2D eigenvalue weighted by Crippen LogP contribution is 2.31. The van der Waals surface area contributed by atoms with Crippen LogP contribution in [0.15, 0.2) is 18.2 Å². The highest BCUT2D eigenvalue weighted by atomic mass is 32.1. The lowest BCUT2D eigenvalue weighted by Gasteiger charge is -2.43. The van der Waals surface area contributed by atoms with Gasteiger partial charge in [0.25, 0.3) is 0 Å². The first-order valence-electron chi connectivity index (χ1n) is 8.23. The first kappa shape index (κ1) is 17.2. The summed E-state index contributed by atoms with van der Waals surface area (Å²) in [6.07, 6.45) is 6.49. The van der Waals surface area contributed by atoms with Crippen LogP contribution in [0.1, 0.15) is 43.2 Å². The lowest BCUT2D eigenvalue weighted by molar-refractivity contribution is 0.104. The van der Waals surface area contributed by atoms with Crippen molar-refractivity contribution in [3.8, 4) is 0 Å². The van der Waals surface area contributed by atoms with Gasteiger partial charge in [-0.2, -0.15) is 0 Å². The van der Waals surface area contributed by atoms with Crippen LogP contribution in [0.3, 0.4) is 0 Å². The normalized spacial score (nSPS) is 17.3. The van der Waals surface area contributed by atoms with E-state index >= 15 is 0 Å². The monoisotopic (exact) mass is 319 g/mol. The van der Waals surface area contributed by atoms with Crippen LogP contribution in [-0.4, -0.2) is 36.2 Å². The Hall–Kier alpha value is -1.13. The van der Waals surface area contributed by atoms with Crippen molar-refractivity contribution < 1.29 is 0 Å². The third-order valence-electron chi connectivity index (χ3n) is 5.16. The summed E-state index contributed by atoms with van der Waals surface area (Å²) in [5.41, 5.74) is 3.88. The van der Waals surface area contributed by atoms with Crippen molar-refractivity contribution in [1.29, 1.82) is 0 Å². The molecule has 1 saturated carbocycles. The fraction of sp³-hybridized carbons (Fsp3) is 0.611. The Morgan fingerprint density at radius 2 is 1.86 bits per heavy atom. The van der Waals surface area contributed by atoms with E-state index in [1.165, 1.54) is 43.2 Å². The number of nitrogens with one attached hydrogen (secondary N) is 2. The second kappa shape index (κ2) is 7.42. The summed E-state index contributed by atoms with van der Waals surface area (Å²) < 4.78 is 0. The predicted molar refractivity (Wildman–Crippen MR) is 99.6 cm³/mol. The van der Waals surface area contributed by atoms with Gasteiger partial charge in [-0.1, -0.05) is 31.4 Å². The topological polar surface area (TPSA) is 27.3 Å². The maximum absolute atomic E-state index is 5.50. The van der Waals surface area contributed by atoms with Crippen molar-refractivity contribution in [3.63, 3.8) is 0 Å². The number of aryl methyl sites for hydroxylation is 1. The minimum absolute atomic E-state index is 0.242. The lowest BCUT2D eigenvalue weighted by atomic mass is 9.80. The van der Waals surface area contributed by atoms with E-state index in [9.17, 15) is 0 Å². The van der Waals surface area contributed by atoms with Gasteiger partial charge in [0.1, 0.15) is 0 Å². The molecule has 0 aromatic heterocycles. The van der Waals surface area contributed by atoms with Crippen LogP contribution in [-0.2, 0) is 0 Å². The van der Waals surface area contributed by atoms with E-state index in [0.29, 0.717) is 0 Å². The molecule has 1 aromatic rings. The van der Waals surface area contributed by atoms with Crippen LogP contribution in [0.25, 0.3) is 0 Å². The third kappa shape index (κ3) is 3.99. The quantitative estimate of drug-likeness (QED) is 0.824. The molecule has 2 rings (SSSR count). The van der Waals surface area contributed by atoms with Crippen molar-refractivity contribution in [1.82, 2.24) is 10.2 Å². The van der Waals surface area contributed by atoms with Crippen LogP contribution in [0.4, 0.5) is 5.69 Å². The van der Waals surface area contributed by atoms with Crippen molar-refractivity contribution >= 4 is 23.0 Å². The molecule has 1 aliphatic carbocycles. The van der Waals surface area contributed by atoms with Crippen LogP contribution >= 0.6 is 12.2 Å². The fourth-order valence-corrected chi connectivity index (χ4v) is 3.47. The average Bonchev–Trinajstić information content (AvgIpc) is 2.51. The zero-order valence-electron chi connectivity index (χ0n) is 14.3. The molecule has 4 heteroatoms. The average molecular weight is 320 g/mol. The first-order chi connectivity index (χ1) is 10.4. The number of rotatable bonds is 4. The molecular weight excluding hydrogens is 290 g/mol. The van der Waals surface area contributed by atoms with E-state index in [-0.39, 0.29) is 5.54 Å².